The van der Waals surface area contributed by atoms with Crippen molar-refractivity contribution in [1.82, 2.24) is 9.47 Å². The Hall–Kier alpha value is -2.04. The monoisotopic (exact) mass is 288 g/mol. The minimum atomic E-state index is -0.258. The summed E-state index contributed by atoms with van der Waals surface area (Å²) in [6.07, 6.45) is 8.18. The van der Waals surface area contributed by atoms with Gasteiger partial charge in [0.25, 0.3) is 5.56 Å². The van der Waals surface area contributed by atoms with Crippen LogP contribution in [0.1, 0.15) is 12.8 Å². The van der Waals surface area contributed by atoms with E-state index in [0.29, 0.717) is 11.8 Å². The van der Waals surface area contributed by atoms with E-state index in [0.717, 1.165) is 25.9 Å². The topological polar surface area (TPSA) is 51.5 Å². The Morgan fingerprint density at radius 2 is 1.95 bits per heavy atom. The predicted octanol–water partition coefficient (Wildman–Crippen LogP) is 1.28. The molecule has 5 nitrogen and oxygen atoms in total. The van der Waals surface area contributed by atoms with Crippen LogP contribution in [0.25, 0.3) is 0 Å². The number of aromatic nitrogens is 1. The fourth-order valence-electron chi connectivity index (χ4n) is 3.26. The second-order valence-electron chi connectivity index (χ2n) is 5.77. The fraction of sp³-hybridized carbons (Fsp3) is 0.500. The smallest absolute Gasteiger partial charge is 0.293 e. The molecule has 0 N–H and O–H groups in total. The van der Waals surface area contributed by atoms with Gasteiger partial charge in [0.2, 0.25) is 5.91 Å². The van der Waals surface area contributed by atoms with E-state index in [-0.39, 0.29) is 23.8 Å². The summed E-state index contributed by atoms with van der Waals surface area (Å²) >= 11 is 0. The number of hydrogen-bond donors (Lipinski definition) is 0. The molecule has 0 unspecified atom stereocenters. The van der Waals surface area contributed by atoms with Gasteiger partial charge in [0, 0.05) is 19.3 Å². The molecule has 1 saturated heterocycles. The lowest BCUT2D eigenvalue weighted by molar-refractivity contribution is -0.131. The minimum Gasteiger partial charge on any atom is -0.491 e. The predicted molar refractivity (Wildman–Crippen MR) is 79.2 cm³/mol. The van der Waals surface area contributed by atoms with Gasteiger partial charge in [-0.1, -0.05) is 12.2 Å². The normalized spacial score (nSPS) is 24.0. The largest absolute Gasteiger partial charge is 0.491 e. The van der Waals surface area contributed by atoms with Gasteiger partial charge in [0.15, 0.2) is 5.75 Å². The molecule has 1 amide bonds. The molecule has 0 bridgehead atoms. The summed E-state index contributed by atoms with van der Waals surface area (Å²) in [6, 6.07) is 3.33. The molecule has 1 aliphatic heterocycles. The molecule has 0 aromatic carbocycles. The van der Waals surface area contributed by atoms with Crippen molar-refractivity contribution >= 4 is 5.91 Å². The third-order valence-electron chi connectivity index (χ3n) is 4.48. The van der Waals surface area contributed by atoms with Crippen molar-refractivity contribution in [2.24, 2.45) is 11.8 Å². The number of likely N-dealkylation sites (tertiary alicyclic amines) is 1. The summed E-state index contributed by atoms with van der Waals surface area (Å²) in [5, 5.41) is 0. The maximum Gasteiger partial charge on any atom is 0.293 e. The Labute approximate surface area is 123 Å². The van der Waals surface area contributed by atoms with Crippen LogP contribution in [0.2, 0.25) is 0 Å². The number of carbonyl (C=O) groups is 1. The molecule has 1 aliphatic carbocycles. The highest BCUT2D eigenvalue weighted by Gasteiger charge is 2.34. The second kappa shape index (κ2) is 5.76. The van der Waals surface area contributed by atoms with E-state index < -0.39 is 0 Å². The summed E-state index contributed by atoms with van der Waals surface area (Å²) < 4.78 is 6.42. The van der Waals surface area contributed by atoms with Crippen LogP contribution in [-0.4, -0.2) is 35.6 Å². The van der Waals surface area contributed by atoms with Crippen molar-refractivity contribution in [3.63, 3.8) is 0 Å². The zero-order valence-electron chi connectivity index (χ0n) is 12.2. The first-order chi connectivity index (χ1) is 10.2. The zero-order chi connectivity index (χ0) is 14.8. The molecule has 1 aromatic rings. The molecule has 112 valence electrons. The molecule has 5 heteroatoms. The summed E-state index contributed by atoms with van der Waals surface area (Å²) in [6.45, 7) is 1.71. The third kappa shape index (κ3) is 2.73. The van der Waals surface area contributed by atoms with Crippen molar-refractivity contribution in [1.29, 1.82) is 0 Å². The van der Waals surface area contributed by atoms with Gasteiger partial charge in [-0.3, -0.25) is 9.59 Å². The molecule has 1 aromatic heterocycles. The molecule has 21 heavy (non-hydrogen) atoms. The molecule has 2 heterocycles. The first-order valence-corrected chi connectivity index (χ1v) is 7.35. The second-order valence-corrected chi connectivity index (χ2v) is 5.77. The standard InChI is InChI=1S/C16H20N2O3/c1-21-14-7-4-8-17(16(14)20)11-15(19)18-9-12-5-2-3-6-13(12)10-18/h2-4,7-8,12-13H,5-6,9-11H2,1H3/t12-,13+. The number of amides is 1. The van der Waals surface area contributed by atoms with Crippen LogP contribution < -0.4 is 10.3 Å². The van der Waals surface area contributed by atoms with Crippen molar-refractivity contribution in [2.75, 3.05) is 20.2 Å². The van der Waals surface area contributed by atoms with E-state index >= 15 is 0 Å². The number of pyridine rings is 1. The SMILES string of the molecule is COc1cccn(CC(=O)N2C[C@H]3CC=CC[C@H]3C2)c1=O. The van der Waals surface area contributed by atoms with Crippen LogP contribution in [-0.2, 0) is 11.3 Å². The Bertz CT molecular complexity index is 604. The van der Waals surface area contributed by atoms with Gasteiger partial charge in [0.05, 0.1) is 7.11 Å². The lowest BCUT2D eigenvalue weighted by Gasteiger charge is -2.17. The van der Waals surface area contributed by atoms with Crippen LogP contribution in [0.15, 0.2) is 35.3 Å². The molecule has 1 fully saturated rings. The number of ether oxygens (including phenoxy) is 1. The number of nitrogens with zero attached hydrogens (tertiary/aromatic N) is 2. The summed E-state index contributed by atoms with van der Waals surface area (Å²) in [5.41, 5.74) is -0.258. The van der Waals surface area contributed by atoms with Crippen LogP contribution in [0, 0.1) is 11.8 Å². The molecular weight excluding hydrogens is 268 g/mol. The van der Waals surface area contributed by atoms with E-state index in [1.807, 2.05) is 4.90 Å². The van der Waals surface area contributed by atoms with Crippen molar-refractivity contribution in [3.8, 4) is 5.75 Å². The van der Waals surface area contributed by atoms with Gasteiger partial charge < -0.3 is 14.2 Å². The Morgan fingerprint density at radius 1 is 1.29 bits per heavy atom. The van der Waals surface area contributed by atoms with E-state index in [1.165, 1.54) is 11.7 Å². The van der Waals surface area contributed by atoms with Gasteiger partial charge in [-0.05, 0) is 36.8 Å². The molecule has 0 radical (unpaired) electrons. The highest BCUT2D eigenvalue weighted by molar-refractivity contribution is 5.76. The van der Waals surface area contributed by atoms with Gasteiger partial charge >= 0.3 is 0 Å². The van der Waals surface area contributed by atoms with E-state index in [2.05, 4.69) is 12.2 Å². The fourth-order valence-corrected chi connectivity index (χ4v) is 3.26. The number of fused-ring (bicyclic) bond motifs is 1. The molecule has 2 aliphatic rings. The first-order valence-electron chi connectivity index (χ1n) is 7.35. The quantitative estimate of drug-likeness (QED) is 0.787. The Morgan fingerprint density at radius 3 is 2.57 bits per heavy atom. The van der Waals surface area contributed by atoms with Gasteiger partial charge in [-0.2, -0.15) is 0 Å². The van der Waals surface area contributed by atoms with Crippen LogP contribution in [0.4, 0.5) is 0 Å². The van der Waals surface area contributed by atoms with Crippen LogP contribution in [0.3, 0.4) is 0 Å². The van der Waals surface area contributed by atoms with E-state index in [4.69, 9.17) is 4.74 Å². The number of allylic oxidation sites excluding steroid dienone is 2. The van der Waals surface area contributed by atoms with Gasteiger partial charge in [-0.25, -0.2) is 0 Å². The summed E-state index contributed by atoms with van der Waals surface area (Å²) in [5.74, 6) is 1.45. The lowest BCUT2D eigenvalue weighted by Crippen LogP contribution is -2.35. The minimum absolute atomic E-state index is 0.0137. The maximum absolute atomic E-state index is 12.4. The maximum atomic E-state index is 12.4. The highest BCUT2D eigenvalue weighted by atomic mass is 16.5. The van der Waals surface area contributed by atoms with Crippen molar-refractivity contribution < 1.29 is 9.53 Å². The summed E-state index contributed by atoms with van der Waals surface area (Å²) in [4.78, 5) is 26.4. The average Bonchev–Trinajstić information content (AvgIpc) is 2.93. The first kappa shape index (κ1) is 13.9. The molecule has 0 spiro atoms. The van der Waals surface area contributed by atoms with Crippen LogP contribution in [0.5, 0.6) is 5.75 Å². The molecular formula is C16H20N2O3. The molecule has 2 atom stereocenters. The van der Waals surface area contributed by atoms with Gasteiger partial charge in [-0.15, -0.1) is 0 Å². The number of carbonyl (C=O) groups excluding carboxylic acids is 1. The number of rotatable bonds is 3. The Balaban J connectivity index is 1.69. The average molecular weight is 288 g/mol. The lowest BCUT2D eigenvalue weighted by atomic mass is 9.86. The summed E-state index contributed by atoms with van der Waals surface area (Å²) in [7, 11) is 1.46. The van der Waals surface area contributed by atoms with E-state index in [1.54, 1.807) is 18.3 Å². The zero-order valence-corrected chi connectivity index (χ0v) is 12.2. The number of hydrogen-bond acceptors (Lipinski definition) is 3. The van der Waals surface area contributed by atoms with Crippen molar-refractivity contribution in [2.45, 2.75) is 19.4 Å². The number of methoxy groups -OCH3 is 1. The van der Waals surface area contributed by atoms with Crippen molar-refractivity contribution in [3.05, 3.63) is 40.8 Å². The third-order valence-corrected chi connectivity index (χ3v) is 4.48. The van der Waals surface area contributed by atoms with E-state index in [9.17, 15) is 9.59 Å². The highest BCUT2D eigenvalue weighted by Crippen LogP contribution is 2.32. The molecule has 3 rings (SSSR count). The Kier molecular flexibility index (Phi) is 3.82. The van der Waals surface area contributed by atoms with Gasteiger partial charge in [0.1, 0.15) is 6.54 Å². The molecule has 0 saturated carbocycles. The van der Waals surface area contributed by atoms with Crippen LogP contribution >= 0.6 is 0 Å².